The summed E-state index contributed by atoms with van der Waals surface area (Å²) in [6.45, 7) is 4.23. The Hall–Kier alpha value is -0.860. The molecule has 14 heavy (non-hydrogen) atoms. The van der Waals surface area contributed by atoms with Gasteiger partial charge in [0.2, 0.25) is 0 Å². The van der Waals surface area contributed by atoms with Gasteiger partial charge in [-0.05, 0) is 32.1 Å². The Morgan fingerprint density at radius 2 is 2.14 bits per heavy atom. The maximum Gasteiger partial charge on any atom is 0.0470 e. The zero-order valence-corrected chi connectivity index (χ0v) is 9.17. The van der Waals surface area contributed by atoms with Crippen molar-refractivity contribution in [2.45, 2.75) is 19.5 Å². The van der Waals surface area contributed by atoms with Crippen LogP contribution < -0.4 is 5.32 Å². The molecule has 0 radical (unpaired) electrons. The van der Waals surface area contributed by atoms with Crippen molar-refractivity contribution in [3.63, 3.8) is 0 Å². The van der Waals surface area contributed by atoms with Crippen LogP contribution in [0, 0.1) is 6.92 Å². The molecule has 2 heteroatoms. The molecule has 0 unspecified atom stereocenters. The number of hydrogen-bond acceptors (Lipinski definition) is 2. The molecule has 76 valence electrons. The zero-order valence-electron chi connectivity index (χ0n) is 9.17. The molecule has 0 saturated carbocycles. The second-order valence-corrected chi connectivity index (χ2v) is 4.31. The number of likely N-dealkylation sites (N-methyl/N-ethyl adjacent to an activating group) is 1. The quantitative estimate of drug-likeness (QED) is 0.725. The summed E-state index contributed by atoms with van der Waals surface area (Å²) < 4.78 is 0. The van der Waals surface area contributed by atoms with Crippen LogP contribution in [-0.4, -0.2) is 25.5 Å². The molecule has 0 amide bonds. The molecule has 0 aliphatic carbocycles. The fourth-order valence-corrected chi connectivity index (χ4v) is 2.13. The largest absolute Gasteiger partial charge is 0.311 e. The van der Waals surface area contributed by atoms with E-state index in [4.69, 9.17) is 0 Å². The van der Waals surface area contributed by atoms with Crippen LogP contribution >= 0.6 is 0 Å². The molecule has 0 fully saturated rings. The Morgan fingerprint density at radius 1 is 1.36 bits per heavy atom. The lowest BCUT2D eigenvalue weighted by molar-refractivity contribution is 0.276. The van der Waals surface area contributed by atoms with Crippen LogP contribution in [0.2, 0.25) is 0 Å². The van der Waals surface area contributed by atoms with Gasteiger partial charge < -0.3 is 10.2 Å². The van der Waals surface area contributed by atoms with E-state index in [1.54, 1.807) is 0 Å². The number of fused-ring (bicyclic) bond motifs is 1. The lowest BCUT2D eigenvalue weighted by atomic mass is 9.94. The fraction of sp³-hybridized carbons (Fsp3) is 0.500. The Kier molecular flexibility index (Phi) is 2.57. The first-order valence-corrected chi connectivity index (χ1v) is 5.15. The molecule has 1 atom stereocenters. The Balaban J connectivity index is 2.40. The summed E-state index contributed by atoms with van der Waals surface area (Å²) in [5, 5.41) is 3.46. The van der Waals surface area contributed by atoms with Crippen LogP contribution in [0.5, 0.6) is 0 Å². The second-order valence-electron chi connectivity index (χ2n) is 4.31. The topological polar surface area (TPSA) is 15.3 Å². The maximum atomic E-state index is 3.46. The van der Waals surface area contributed by atoms with Crippen molar-refractivity contribution >= 4 is 0 Å². The van der Waals surface area contributed by atoms with E-state index >= 15 is 0 Å². The molecule has 2 rings (SSSR count). The molecule has 0 aromatic heterocycles. The van der Waals surface area contributed by atoms with Gasteiger partial charge in [0.05, 0.1) is 0 Å². The monoisotopic (exact) mass is 190 g/mol. The highest BCUT2D eigenvalue weighted by Gasteiger charge is 2.20. The fourth-order valence-electron chi connectivity index (χ4n) is 2.13. The smallest absolute Gasteiger partial charge is 0.0470 e. The molecule has 1 aromatic rings. The van der Waals surface area contributed by atoms with Crippen molar-refractivity contribution in [1.29, 1.82) is 0 Å². The van der Waals surface area contributed by atoms with Gasteiger partial charge in [0.1, 0.15) is 0 Å². The minimum Gasteiger partial charge on any atom is -0.311 e. The standard InChI is InChI=1S/C12H18N2/c1-9-4-5-11-10(6-9)7-13-8-12(11)14(2)3/h4-6,12-13H,7-8H2,1-3H3/t12-/m1/s1. The first kappa shape index (κ1) is 9.69. The van der Waals surface area contributed by atoms with E-state index in [2.05, 4.69) is 49.4 Å². The molecular formula is C12H18N2. The van der Waals surface area contributed by atoms with Gasteiger partial charge in [0, 0.05) is 19.1 Å². The Bertz CT molecular complexity index is 331. The average Bonchev–Trinajstić information content (AvgIpc) is 2.16. The van der Waals surface area contributed by atoms with E-state index in [0.717, 1.165) is 13.1 Å². The lowest BCUT2D eigenvalue weighted by Gasteiger charge is -2.31. The summed E-state index contributed by atoms with van der Waals surface area (Å²) in [5.74, 6) is 0. The van der Waals surface area contributed by atoms with Gasteiger partial charge in [-0.2, -0.15) is 0 Å². The van der Waals surface area contributed by atoms with Crippen LogP contribution in [0.25, 0.3) is 0 Å². The third-order valence-electron chi connectivity index (χ3n) is 2.93. The van der Waals surface area contributed by atoms with Gasteiger partial charge in [-0.25, -0.2) is 0 Å². The van der Waals surface area contributed by atoms with E-state index in [1.807, 2.05) is 0 Å². The molecule has 1 heterocycles. The third-order valence-corrected chi connectivity index (χ3v) is 2.93. The molecule has 1 aliphatic rings. The van der Waals surface area contributed by atoms with Gasteiger partial charge in [0.15, 0.2) is 0 Å². The Labute approximate surface area is 85.9 Å². The number of aryl methyl sites for hydroxylation is 1. The predicted molar refractivity (Wildman–Crippen MR) is 59.3 cm³/mol. The number of benzene rings is 1. The van der Waals surface area contributed by atoms with Crippen LogP contribution in [0.4, 0.5) is 0 Å². The first-order valence-electron chi connectivity index (χ1n) is 5.15. The van der Waals surface area contributed by atoms with Gasteiger partial charge >= 0.3 is 0 Å². The number of hydrogen-bond donors (Lipinski definition) is 1. The van der Waals surface area contributed by atoms with Crippen molar-refractivity contribution in [2.24, 2.45) is 0 Å². The Morgan fingerprint density at radius 3 is 2.86 bits per heavy atom. The summed E-state index contributed by atoms with van der Waals surface area (Å²) in [7, 11) is 4.28. The van der Waals surface area contributed by atoms with Crippen molar-refractivity contribution in [3.8, 4) is 0 Å². The van der Waals surface area contributed by atoms with Crippen molar-refractivity contribution in [2.75, 3.05) is 20.6 Å². The number of rotatable bonds is 1. The molecule has 0 bridgehead atoms. The molecule has 0 spiro atoms. The van der Waals surface area contributed by atoms with Crippen molar-refractivity contribution < 1.29 is 0 Å². The molecule has 0 saturated heterocycles. The zero-order chi connectivity index (χ0) is 10.1. The number of nitrogens with zero attached hydrogens (tertiary/aromatic N) is 1. The highest BCUT2D eigenvalue weighted by molar-refractivity contribution is 5.35. The molecule has 1 aliphatic heterocycles. The second kappa shape index (κ2) is 3.71. The van der Waals surface area contributed by atoms with Crippen LogP contribution in [0.15, 0.2) is 18.2 Å². The normalized spacial score (nSPS) is 21.0. The van der Waals surface area contributed by atoms with Crippen molar-refractivity contribution in [1.82, 2.24) is 10.2 Å². The summed E-state index contributed by atoms with van der Waals surface area (Å²) in [6.07, 6.45) is 0. The summed E-state index contributed by atoms with van der Waals surface area (Å²) in [4.78, 5) is 2.28. The van der Waals surface area contributed by atoms with Crippen molar-refractivity contribution in [3.05, 3.63) is 34.9 Å². The third kappa shape index (κ3) is 1.68. The van der Waals surface area contributed by atoms with Crippen LogP contribution in [0.3, 0.4) is 0 Å². The van der Waals surface area contributed by atoms with E-state index < -0.39 is 0 Å². The summed E-state index contributed by atoms with van der Waals surface area (Å²) in [6, 6.07) is 7.30. The maximum absolute atomic E-state index is 3.46. The number of nitrogens with one attached hydrogen (secondary N) is 1. The lowest BCUT2D eigenvalue weighted by Crippen LogP contribution is -2.35. The summed E-state index contributed by atoms with van der Waals surface area (Å²) in [5.41, 5.74) is 4.29. The van der Waals surface area contributed by atoms with Crippen LogP contribution in [-0.2, 0) is 6.54 Å². The van der Waals surface area contributed by atoms with Gasteiger partial charge in [-0.15, -0.1) is 0 Å². The van der Waals surface area contributed by atoms with E-state index in [9.17, 15) is 0 Å². The first-order chi connectivity index (χ1) is 6.68. The minimum atomic E-state index is 0.527. The minimum absolute atomic E-state index is 0.527. The SMILES string of the molecule is Cc1ccc2c(c1)CNC[C@H]2N(C)C. The molecule has 1 N–H and O–H groups in total. The van der Waals surface area contributed by atoms with Gasteiger partial charge in [0.25, 0.3) is 0 Å². The highest BCUT2D eigenvalue weighted by Crippen LogP contribution is 2.25. The van der Waals surface area contributed by atoms with Gasteiger partial charge in [-0.1, -0.05) is 23.8 Å². The van der Waals surface area contributed by atoms with Gasteiger partial charge in [-0.3, -0.25) is 0 Å². The highest BCUT2D eigenvalue weighted by atomic mass is 15.1. The predicted octanol–water partition coefficient (Wildman–Crippen LogP) is 1.70. The molecule has 1 aromatic carbocycles. The molecule has 2 nitrogen and oxygen atoms in total. The van der Waals surface area contributed by atoms with Crippen LogP contribution in [0.1, 0.15) is 22.7 Å². The van der Waals surface area contributed by atoms with E-state index in [1.165, 1.54) is 16.7 Å². The van der Waals surface area contributed by atoms with E-state index in [0.29, 0.717) is 6.04 Å². The molecular weight excluding hydrogens is 172 g/mol. The van der Waals surface area contributed by atoms with E-state index in [-0.39, 0.29) is 0 Å². The average molecular weight is 190 g/mol. The summed E-state index contributed by atoms with van der Waals surface area (Å²) >= 11 is 0.